The molecule has 0 N–H and O–H groups in total. The molecule has 1 heterocycles. The van der Waals surface area contributed by atoms with E-state index in [4.69, 9.17) is 42.1 Å². The van der Waals surface area contributed by atoms with Crippen LogP contribution in [0.3, 0.4) is 0 Å². The number of carbonyl (C=O) groups excluding carboxylic acids is 1. The van der Waals surface area contributed by atoms with Crippen molar-refractivity contribution < 1.29 is 23.7 Å². The summed E-state index contributed by atoms with van der Waals surface area (Å²) in [6.07, 6.45) is 0.623. The van der Waals surface area contributed by atoms with Gasteiger partial charge in [0.05, 0.1) is 24.3 Å². The number of benzene rings is 3. The lowest BCUT2D eigenvalue weighted by atomic mass is 10.1. The SMILES string of the molecule is COc1ccc(CCN(Cc2ccc3c(c2)OCO3)C(=O)c2ccc(Cl)c(Cl)c2)cc1OC. The molecule has 33 heavy (non-hydrogen) atoms. The van der Waals surface area contributed by atoms with E-state index in [0.717, 1.165) is 11.1 Å². The molecule has 4 rings (SSSR count). The Morgan fingerprint density at radius 1 is 0.879 bits per heavy atom. The zero-order chi connectivity index (χ0) is 23.4. The molecule has 3 aromatic rings. The smallest absolute Gasteiger partial charge is 0.254 e. The first-order chi connectivity index (χ1) is 16.0. The maximum absolute atomic E-state index is 13.4. The summed E-state index contributed by atoms with van der Waals surface area (Å²) in [5.41, 5.74) is 2.42. The van der Waals surface area contributed by atoms with Crippen LogP contribution < -0.4 is 18.9 Å². The van der Waals surface area contributed by atoms with Gasteiger partial charge in [0, 0.05) is 18.7 Å². The largest absolute Gasteiger partial charge is 0.493 e. The number of hydrogen-bond acceptors (Lipinski definition) is 5. The lowest BCUT2D eigenvalue weighted by Crippen LogP contribution is -2.32. The predicted octanol–water partition coefficient (Wildman–Crippen LogP) is 5.62. The number of halogens is 2. The highest BCUT2D eigenvalue weighted by atomic mass is 35.5. The summed E-state index contributed by atoms with van der Waals surface area (Å²) in [7, 11) is 3.20. The number of nitrogens with zero attached hydrogens (tertiary/aromatic N) is 1. The molecule has 1 aliphatic rings. The second kappa shape index (κ2) is 10.2. The molecule has 1 amide bonds. The third-order valence-electron chi connectivity index (χ3n) is 5.38. The first kappa shape index (κ1) is 23.1. The molecule has 0 saturated heterocycles. The fraction of sp³-hybridized carbons (Fsp3) is 0.240. The predicted molar refractivity (Wildman–Crippen MR) is 127 cm³/mol. The lowest BCUT2D eigenvalue weighted by Gasteiger charge is -2.24. The first-order valence-electron chi connectivity index (χ1n) is 10.3. The van der Waals surface area contributed by atoms with E-state index in [1.54, 1.807) is 37.3 Å². The van der Waals surface area contributed by atoms with Crippen LogP contribution in [0.2, 0.25) is 10.0 Å². The van der Waals surface area contributed by atoms with Crippen molar-refractivity contribution in [3.8, 4) is 23.0 Å². The Kier molecular flexibility index (Phi) is 7.16. The molecule has 0 fully saturated rings. The van der Waals surface area contributed by atoms with Crippen molar-refractivity contribution in [2.75, 3.05) is 27.6 Å². The molecule has 0 aliphatic carbocycles. The van der Waals surface area contributed by atoms with Gasteiger partial charge >= 0.3 is 0 Å². The second-order valence-corrected chi connectivity index (χ2v) is 8.30. The Bertz CT molecular complexity index is 1170. The van der Waals surface area contributed by atoms with E-state index in [9.17, 15) is 4.79 Å². The third-order valence-corrected chi connectivity index (χ3v) is 6.12. The van der Waals surface area contributed by atoms with Gasteiger partial charge in [0.2, 0.25) is 6.79 Å². The third kappa shape index (κ3) is 5.29. The molecule has 0 atom stereocenters. The van der Waals surface area contributed by atoms with Gasteiger partial charge in [-0.1, -0.05) is 35.3 Å². The number of ether oxygens (including phenoxy) is 4. The number of carbonyl (C=O) groups is 1. The van der Waals surface area contributed by atoms with Crippen molar-refractivity contribution in [3.05, 3.63) is 81.3 Å². The van der Waals surface area contributed by atoms with Crippen LogP contribution >= 0.6 is 23.2 Å². The normalized spacial score (nSPS) is 11.9. The molecular formula is C25H23Cl2NO5. The molecular weight excluding hydrogens is 465 g/mol. The minimum Gasteiger partial charge on any atom is -0.493 e. The van der Waals surface area contributed by atoms with Gasteiger partial charge in [0.15, 0.2) is 23.0 Å². The summed E-state index contributed by atoms with van der Waals surface area (Å²) in [4.78, 5) is 15.2. The Hall–Kier alpha value is -3.09. The monoisotopic (exact) mass is 487 g/mol. The van der Waals surface area contributed by atoms with Gasteiger partial charge in [-0.25, -0.2) is 0 Å². The van der Waals surface area contributed by atoms with Gasteiger partial charge in [-0.3, -0.25) is 4.79 Å². The quantitative estimate of drug-likeness (QED) is 0.412. The van der Waals surface area contributed by atoms with E-state index in [0.29, 0.717) is 58.1 Å². The van der Waals surface area contributed by atoms with E-state index in [-0.39, 0.29) is 12.7 Å². The average molecular weight is 488 g/mol. The zero-order valence-corrected chi connectivity index (χ0v) is 19.8. The molecule has 3 aromatic carbocycles. The zero-order valence-electron chi connectivity index (χ0n) is 18.3. The molecule has 0 unspecified atom stereocenters. The van der Waals surface area contributed by atoms with Crippen molar-refractivity contribution >= 4 is 29.1 Å². The molecule has 8 heteroatoms. The molecule has 0 radical (unpaired) electrons. The number of rotatable bonds is 8. The number of hydrogen-bond donors (Lipinski definition) is 0. The lowest BCUT2D eigenvalue weighted by molar-refractivity contribution is 0.0745. The summed E-state index contributed by atoms with van der Waals surface area (Å²) in [5, 5.41) is 0.742. The minimum atomic E-state index is -0.147. The topological polar surface area (TPSA) is 57.2 Å². The minimum absolute atomic E-state index is 0.147. The number of fused-ring (bicyclic) bond motifs is 1. The highest BCUT2D eigenvalue weighted by Crippen LogP contribution is 2.33. The Morgan fingerprint density at radius 3 is 2.39 bits per heavy atom. The first-order valence-corrected chi connectivity index (χ1v) is 11.1. The van der Waals surface area contributed by atoms with Gasteiger partial charge in [-0.05, 0) is 60.0 Å². The van der Waals surface area contributed by atoms with Crippen molar-refractivity contribution in [2.24, 2.45) is 0 Å². The van der Waals surface area contributed by atoms with Crippen molar-refractivity contribution in [3.63, 3.8) is 0 Å². The Balaban J connectivity index is 1.57. The van der Waals surface area contributed by atoms with E-state index in [1.165, 1.54) is 0 Å². The summed E-state index contributed by atoms with van der Waals surface area (Å²) < 4.78 is 21.6. The van der Waals surface area contributed by atoms with Gasteiger partial charge in [0.1, 0.15) is 0 Å². The van der Waals surface area contributed by atoms with Crippen molar-refractivity contribution in [1.82, 2.24) is 4.90 Å². The summed E-state index contributed by atoms with van der Waals surface area (Å²) >= 11 is 12.2. The van der Waals surface area contributed by atoms with Crippen LogP contribution in [-0.2, 0) is 13.0 Å². The van der Waals surface area contributed by atoms with E-state index >= 15 is 0 Å². The van der Waals surface area contributed by atoms with E-state index in [1.807, 2.05) is 36.4 Å². The van der Waals surface area contributed by atoms with Crippen LogP contribution in [0.15, 0.2) is 54.6 Å². The van der Waals surface area contributed by atoms with Crippen molar-refractivity contribution in [1.29, 1.82) is 0 Å². The van der Waals surface area contributed by atoms with Gasteiger partial charge in [-0.15, -0.1) is 0 Å². The number of amides is 1. The van der Waals surface area contributed by atoms with Crippen LogP contribution in [0, 0.1) is 0 Å². The van der Waals surface area contributed by atoms with Gasteiger partial charge in [-0.2, -0.15) is 0 Å². The highest BCUT2D eigenvalue weighted by Gasteiger charge is 2.20. The molecule has 0 saturated carbocycles. The summed E-state index contributed by atoms with van der Waals surface area (Å²) in [6, 6.07) is 16.3. The van der Waals surface area contributed by atoms with Crippen LogP contribution in [0.5, 0.6) is 23.0 Å². The molecule has 0 aromatic heterocycles. The Morgan fingerprint density at radius 2 is 1.64 bits per heavy atom. The summed E-state index contributed by atoms with van der Waals surface area (Å²) in [5.74, 6) is 2.53. The van der Waals surface area contributed by atoms with Crippen LogP contribution in [-0.4, -0.2) is 38.4 Å². The van der Waals surface area contributed by atoms with Crippen LogP contribution in [0.1, 0.15) is 21.5 Å². The van der Waals surface area contributed by atoms with E-state index < -0.39 is 0 Å². The molecule has 6 nitrogen and oxygen atoms in total. The molecule has 1 aliphatic heterocycles. The van der Waals surface area contributed by atoms with E-state index in [2.05, 4.69) is 0 Å². The number of methoxy groups -OCH3 is 2. The fourth-order valence-corrected chi connectivity index (χ4v) is 3.92. The molecule has 0 spiro atoms. The van der Waals surface area contributed by atoms with Crippen molar-refractivity contribution in [2.45, 2.75) is 13.0 Å². The maximum Gasteiger partial charge on any atom is 0.254 e. The van der Waals surface area contributed by atoms with Crippen LogP contribution in [0.4, 0.5) is 0 Å². The fourth-order valence-electron chi connectivity index (χ4n) is 3.62. The highest BCUT2D eigenvalue weighted by molar-refractivity contribution is 6.42. The van der Waals surface area contributed by atoms with Gasteiger partial charge < -0.3 is 23.8 Å². The Labute approximate surface area is 202 Å². The molecule has 172 valence electrons. The standard InChI is InChI=1S/C25H23Cl2NO5/c1-30-21-7-3-16(11-23(21)31-2)9-10-28(25(29)18-5-6-19(26)20(27)13-18)14-17-4-8-22-24(12-17)33-15-32-22/h3-8,11-13H,9-10,14-15H2,1-2H3. The molecule has 0 bridgehead atoms. The second-order valence-electron chi connectivity index (χ2n) is 7.48. The summed E-state index contributed by atoms with van der Waals surface area (Å²) in [6.45, 7) is 1.07. The maximum atomic E-state index is 13.4. The van der Waals surface area contributed by atoms with Gasteiger partial charge in [0.25, 0.3) is 5.91 Å². The van der Waals surface area contributed by atoms with Crippen LogP contribution in [0.25, 0.3) is 0 Å². The average Bonchev–Trinajstić information content (AvgIpc) is 3.30.